The van der Waals surface area contributed by atoms with Crippen LogP contribution in [-0.2, 0) is 4.79 Å². The Kier molecular flexibility index (Phi) is 6.03. The molecule has 0 rings (SSSR count). The van der Waals surface area contributed by atoms with E-state index in [-0.39, 0.29) is 51.4 Å². The number of aliphatic carboxylic acids is 1. The van der Waals surface area contributed by atoms with Crippen molar-refractivity contribution >= 4 is 57.4 Å². The minimum Gasteiger partial charge on any atom is -0.480 e. The number of hydrogen-bond donors (Lipinski definition) is 1. The van der Waals surface area contributed by atoms with Gasteiger partial charge in [-0.2, -0.15) is 5.26 Å². The van der Waals surface area contributed by atoms with Gasteiger partial charge in [-0.05, 0) is 13.8 Å². The Morgan fingerprint density at radius 3 is 2.00 bits per heavy atom. The summed E-state index contributed by atoms with van der Waals surface area (Å²) in [7, 11) is 0. The predicted molar refractivity (Wildman–Crippen MR) is 32.8 cm³/mol. The number of carboxylic acids is 1. The Balaban J connectivity index is 0. The average molecular weight is 152 g/mol. The van der Waals surface area contributed by atoms with Gasteiger partial charge < -0.3 is 5.11 Å². The minimum atomic E-state index is -1.24. The minimum absolute atomic E-state index is 0. The summed E-state index contributed by atoms with van der Waals surface area (Å²) in [6, 6.07) is 1.64. The SMILES string of the molecule is CC(C)(C#N)C(=O)O.[K]. The van der Waals surface area contributed by atoms with Gasteiger partial charge in [0.15, 0.2) is 0 Å². The molecular formula is C5H7KNO2. The molecule has 0 atom stereocenters. The van der Waals surface area contributed by atoms with Crippen LogP contribution in [0.15, 0.2) is 0 Å². The summed E-state index contributed by atoms with van der Waals surface area (Å²) in [5, 5.41) is 16.4. The van der Waals surface area contributed by atoms with Gasteiger partial charge in [-0.25, -0.2) is 0 Å². The van der Waals surface area contributed by atoms with Gasteiger partial charge in [-0.15, -0.1) is 0 Å². The molecule has 0 spiro atoms. The fraction of sp³-hybridized carbons (Fsp3) is 0.600. The summed E-state index contributed by atoms with van der Waals surface area (Å²) >= 11 is 0. The smallest absolute Gasteiger partial charge is 0.323 e. The van der Waals surface area contributed by atoms with Crippen molar-refractivity contribution in [2.75, 3.05) is 0 Å². The molecular weight excluding hydrogens is 145 g/mol. The Hall–Kier alpha value is 0.596. The Morgan fingerprint density at radius 2 is 2.00 bits per heavy atom. The summed E-state index contributed by atoms with van der Waals surface area (Å²) in [5.74, 6) is -1.08. The van der Waals surface area contributed by atoms with Crippen LogP contribution in [0.2, 0.25) is 0 Å². The monoisotopic (exact) mass is 152 g/mol. The number of hydrogen-bond acceptors (Lipinski definition) is 2. The second-order valence-electron chi connectivity index (χ2n) is 2.04. The van der Waals surface area contributed by atoms with Gasteiger partial charge in [0.2, 0.25) is 0 Å². The van der Waals surface area contributed by atoms with Crippen LogP contribution in [0.25, 0.3) is 0 Å². The number of nitriles is 1. The van der Waals surface area contributed by atoms with Crippen LogP contribution in [0.5, 0.6) is 0 Å². The fourth-order valence-electron chi connectivity index (χ4n) is 0.0478. The number of nitrogens with zero attached hydrogens (tertiary/aromatic N) is 1. The van der Waals surface area contributed by atoms with E-state index in [1.54, 1.807) is 6.07 Å². The van der Waals surface area contributed by atoms with Crippen molar-refractivity contribution in [2.45, 2.75) is 13.8 Å². The van der Waals surface area contributed by atoms with Gasteiger partial charge in [0.1, 0.15) is 5.41 Å². The number of carboxylic acid groups (broad SMARTS) is 1. The molecule has 0 aliphatic heterocycles. The van der Waals surface area contributed by atoms with E-state index in [2.05, 4.69) is 0 Å². The molecule has 0 fully saturated rings. The molecule has 0 aromatic heterocycles. The van der Waals surface area contributed by atoms with Crippen molar-refractivity contribution in [1.29, 1.82) is 5.26 Å². The zero-order valence-corrected chi connectivity index (χ0v) is 8.93. The van der Waals surface area contributed by atoms with Gasteiger partial charge >= 0.3 is 5.97 Å². The van der Waals surface area contributed by atoms with Crippen molar-refractivity contribution in [1.82, 2.24) is 0 Å². The van der Waals surface area contributed by atoms with Crippen LogP contribution in [0.3, 0.4) is 0 Å². The standard InChI is InChI=1S/C5H7NO2.K/c1-5(2,3-6)4(7)8;/h1-2H3,(H,7,8);. The van der Waals surface area contributed by atoms with Gasteiger partial charge in [0, 0.05) is 51.4 Å². The van der Waals surface area contributed by atoms with Gasteiger partial charge in [-0.3, -0.25) is 4.79 Å². The maximum absolute atomic E-state index is 10.0. The summed E-state index contributed by atoms with van der Waals surface area (Å²) in [6.07, 6.45) is 0. The van der Waals surface area contributed by atoms with Crippen molar-refractivity contribution in [2.24, 2.45) is 5.41 Å². The van der Waals surface area contributed by atoms with Crippen LogP contribution >= 0.6 is 0 Å². The van der Waals surface area contributed by atoms with E-state index >= 15 is 0 Å². The molecule has 1 radical (unpaired) electrons. The van der Waals surface area contributed by atoms with Crippen LogP contribution in [0, 0.1) is 16.7 Å². The van der Waals surface area contributed by atoms with E-state index in [0.717, 1.165) is 0 Å². The normalized spacial score (nSPS) is 9.00. The number of carbonyl (C=O) groups is 1. The summed E-state index contributed by atoms with van der Waals surface area (Å²) in [5.41, 5.74) is -1.24. The van der Waals surface area contributed by atoms with Crippen LogP contribution in [-0.4, -0.2) is 62.5 Å². The molecule has 1 N–H and O–H groups in total. The first-order valence-corrected chi connectivity index (χ1v) is 2.15. The molecule has 0 amide bonds. The topological polar surface area (TPSA) is 61.1 Å². The molecule has 0 aliphatic rings. The zero-order valence-electron chi connectivity index (χ0n) is 5.80. The third kappa shape index (κ3) is 4.06. The van der Waals surface area contributed by atoms with E-state index in [9.17, 15) is 4.79 Å². The summed E-state index contributed by atoms with van der Waals surface area (Å²) in [4.78, 5) is 10.0. The molecule has 0 saturated heterocycles. The van der Waals surface area contributed by atoms with Crippen LogP contribution < -0.4 is 0 Å². The first-order chi connectivity index (χ1) is 3.50. The molecule has 4 heteroatoms. The molecule has 45 valence electrons. The number of rotatable bonds is 1. The zero-order chi connectivity index (χ0) is 6.78. The largest absolute Gasteiger partial charge is 0.480 e. The summed E-state index contributed by atoms with van der Waals surface area (Å²) < 4.78 is 0. The Bertz CT molecular complexity index is 148. The van der Waals surface area contributed by atoms with E-state index in [1.165, 1.54) is 13.8 Å². The maximum atomic E-state index is 10.0. The van der Waals surface area contributed by atoms with Crippen LogP contribution in [0.4, 0.5) is 0 Å². The maximum Gasteiger partial charge on any atom is 0.323 e. The van der Waals surface area contributed by atoms with Gasteiger partial charge in [0.05, 0.1) is 6.07 Å². The second-order valence-corrected chi connectivity index (χ2v) is 2.04. The molecule has 0 aliphatic carbocycles. The van der Waals surface area contributed by atoms with Gasteiger partial charge in [0.25, 0.3) is 0 Å². The molecule has 0 bridgehead atoms. The van der Waals surface area contributed by atoms with Gasteiger partial charge in [-0.1, -0.05) is 0 Å². The van der Waals surface area contributed by atoms with Crippen molar-refractivity contribution < 1.29 is 9.90 Å². The van der Waals surface area contributed by atoms with Crippen molar-refractivity contribution in [3.63, 3.8) is 0 Å². The second kappa shape index (κ2) is 4.42. The Morgan fingerprint density at radius 1 is 1.67 bits per heavy atom. The average Bonchev–Trinajstić information content (AvgIpc) is 1.67. The quantitative estimate of drug-likeness (QED) is 0.547. The first kappa shape index (κ1) is 12.3. The Labute approximate surface area is 96.5 Å². The fourth-order valence-corrected chi connectivity index (χ4v) is 0.0478. The third-order valence-electron chi connectivity index (χ3n) is 0.814. The van der Waals surface area contributed by atoms with Crippen molar-refractivity contribution in [3.05, 3.63) is 0 Å². The molecule has 0 unspecified atom stereocenters. The van der Waals surface area contributed by atoms with Crippen LogP contribution in [0.1, 0.15) is 13.8 Å². The molecule has 0 heterocycles. The molecule has 3 nitrogen and oxygen atoms in total. The first-order valence-electron chi connectivity index (χ1n) is 2.15. The van der Waals surface area contributed by atoms with E-state index < -0.39 is 11.4 Å². The van der Waals surface area contributed by atoms with E-state index in [0.29, 0.717) is 0 Å². The van der Waals surface area contributed by atoms with E-state index in [4.69, 9.17) is 10.4 Å². The molecule has 9 heavy (non-hydrogen) atoms. The van der Waals surface area contributed by atoms with Crippen molar-refractivity contribution in [3.8, 4) is 6.07 Å². The van der Waals surface area contributed by atoms with E-state index in [1.807, 2.05) is 0 Å². The predicted octanol–water partition coefficient (Wildman–Crippen LogP) is 0.240. The summed E-state index contributed by atoms with van der Waals surface area (Å²) in [6.45, 7) is 2.71. The third-order valence-corrected chi connectivity index (χ3v) is 0.814. The molecule has 0 aromatic rings. The molecule has 0 saturated carbocycles. The molecule has 0 aromatic carbocycles.